The molecular weight excluding hydrogens is 510 g/mol. The highest BCUT2D eigenvalue weighted by Gasteiger charge is 2.53. The van der Waals surface area contributed by atoms with Crippen molar-refractivity contribution in [1.29, 1.82) is 0 Å². The van der Waals surface area contributed by atoms with Crippen LogP contribution in [0.2, 0.25) is 0 Å². The van der Waals surface area contributed by atoms with Gasteiger partial charge in [0.2, 0.25) is 6.41 Å². The molecule has 2 atom stereocenters. The summed E-state index contributed by atoms with van der Waals surface area (Å²) >= 11 is 2.46. The van der Waals surface area contributed by atoms with Crippen molar-refractivity contribution in [3.8, 4) is 0 Å². The van der Waals surface area contributed by atoms with Crippen LogP contribution in [0.25, 0.3) is 0 Å². The van der Waals surface area contributed by atoms with Crippen LogP contribution in [0.4, 0.5) is 5.13 Å². The zero-order valence-corrected chi connectivity index (χ0v) is 20.6. The second kappa shape index (κ2) is 9.73. The number of aromatic nitrogens is 3. The van der Waals surface area contributed by atoms with E-state index in [-0.39, 0.29) is 34.9 Å². The van der Waals surface area contributed by atoms with Crippen molar-refractivity contribution in [3.05, 3.63) is 40.8 Å². The topological polar surface area (TPSA) is 162 Å². The summed E-state index contributed by atoms with van der Waals surface area (Å²) in [4.78, 5) is 59.5. The molecular formula is C21H21N7O6S2. The van der Waals surface area contributed by atoms with E-state index < -0.39 is 29.2 Å². The van der Waals surface area contributed by atoms with E-state index in [2.05, 4.69) is 20.8 Å². The van der Waals surface area contributed by atoms with E-state index in [1.165, 1.54) is 22.0 Å². The molecule has 1 saturated carbocycles. The summed E-state index contributed by atoms with van der Waals surface area (Å²) in [6, 6.07) is 0.864. The first-order valence-electron chi connectivity index (χ1n) is 11.0. The predicted molar refractivity (Wildman–Crippen MR) is 125 cm³/mol. The molecule has 2 aromatic heterocycles. The first-order chi connectivity index (χ1) is 17.4. The van der Waals surface area contributed by atoms with Gasteiger partial charge in [-0.25, -0.2) is 4.98 Å². The average molecular weight is 532 g/mol. The largest absolute Gasteiger partial charge is 0.543 e. The highest BCUT2D eigenvalue weighted by Crippen LogP contribution is 2.40. The van der Waals surface area contributed by atoms with Crippen molar-refractivity contribution in [1.82, 2.24) is 19.9 Å². The van der Waals surface area contributed by atoms with Crippen LogP contribution in [-0.2, 0) is 37.6 Å². The highest BCUT2D eigenvalue weighted by atomic mass is 32.2. The zero-order valence-electron chi connectivity index (χ0n) is 18.9. The van der Waals surface area contributed by atoms with Crippen molar-refractivity contribution in [2.24, 2.45) is 12.2 Å². The molecule has 4 heterocycles. The van der Waals surface area contributed by atoms with Gasteiger partial charge in [-0.15, -0.1) is 27.8 Å². The summed E-state index contributed by atoms with van der Waals surface area (Å²) in [5, 5.41) is 22.2. The predicted octanol–water partition coefficient (Wildman–Crippen LogP) is -1.68. The molecule has 0 unspecified atom stereocenters. The molecule has 2 N–H and O–H groups in total. The number of thioether (sulfide) groups is 1. The molecule has 1 saturated heterocycles. The summed E-state index contributed by atoms with van der Waals surface area (Å²) in [7, 11) is 1.82. The van der Waals surface area contributed by atoms with Crippen molar-refractivity contribution < 1.29 is 33.8 Å². The molecule has 0 spiro atoms. The molecule has 0 aromatic carbocycles. The fourth-order valence-corrected chi connectivity index (χ4v) is 5.81. The number of nitrogens with zero attached hydrogens (tertiary/aromatic N) is 5. The summed E-state index contributed by atoms with van der Waals surface area (Å²) in [5.74, 6) is -2.35. The van der Waals surface area contributed by atoms with Crippen molar-refractivity contribution in [2.45, 2.75) is 36.9 Å². The molecule has 1 aliphatic carbocycles. The Bertz CT molecular complexity index is 1300. The molecule has 3 aliphatic rings. The van der Waals surface area contributed by atoms with Crippen LogP contribution < -0.4 is 20.4 Å². The lowest BCUT2D eigenvalue weighted by Gasteiger charge is -2.50. The van der Waals surface area contributed by atoms with E-state index in [0.717, 1.165) is 24.2 Å². The van der Waals surface area contributed by atoms with Gasteiger partial charge >= 0.3 is 0 Å². The summed E-state index contributed by atoms with van der Waals surface area (Å²) in [5.41, 5.74) is 0.414. The van der Waals surface area contributed by atoms with E-state index in [1.807, 2.05) is 24.0 Å². The lowest BCUT2D eigenvalue weighted by molar-refractivity contribution is -0.752. The maximum atomic E-state index is 13.1. The molecule has 36 heavy (non-hydrogen) atoms. The van der Waals surface area contributed by atoms with Crippen molar-refractivity contribution in [3.63, 3.8) is 0 Å². The molecule has 15 heteroatoms. The first-order valence-corrected chi connectivity index (χ1v) is 12.9. The number of amides is 3. The minimum Gasteiger partial charge on any atom is -0.543 e. The molecule has 0 radical (unpaired) electrons. The fourth-order valence-electron chi connectivity index (χ4n) is 3.82. The van der Waals surface area contributed by atoms with Crippen LogP contribution in [-0.4, -0.2) is 67.7 Å². The lowest BCUT2D eigenvalue weighted by atomic mass is 10.0. The van der Waals surface area contributed by atoms with Gasteiger partial charge in [0.15, 0.2) is 24.1 Å². The number of hydrogen-bond donors (Lipinski definition) is 2. The Hall–Kier alpha value is -3.72. The number of carbonyl (C=O) groups excluding carboxylic acids is 4. The van der Waals surface area contributed by atoms with Crippen LogP contribution >= 0.6 is 23.1 Å². The van der Waals surface area contributed by atoms with Crippen LogP contribution in [0.1, 0.15) is 18.5 Å². The van der Waals surface area contributed by atoms with Gasteiger partial charge in [0.1, 0.15) is 29.8 Å². The molecule has 2 aliphatic heterocycles. The van der Waals surface area contributed by atoms with Gasteiger partial charge in [0.05, 0.1) is 17.9 Å². The van der Waals surface area contributed by atoms with E-state index in [1.54, 1.807) is 10.9 Å². The summed E-state index contributed by atoms with van der Waals surface area (Å²) in [6.45, 7) is 0.281. The van der Waals surface area contributed by atoms with E-state index in [4.69, 9.17) is 4.84 Å². The third kappa shape index (κ3) is 4.58. The van der Waals surface area contributed by atoms with Gasteiger partial charge in [0.25, 0.3) is 11.8 Å². The minimum atomic E-state index is -1.44. The normalized spacial score (nSPS) is 21.5. The Morgan fingerprint density at radius 1 is 1.42 bits per heavy atom. The Morgan fingerprint density at radius 3 is 2.89 bits per heavy atom. The smallest absolute Gasteiger partial charge is 0.276 e. The quantitative estimate of drug-likeness (QED) is 0.121. The number of aryl methyl sites for hydroxylation is 1. The van der Waals surface area contributed by atoms with E-state index in [0.29, 0.717) is 17.7 Å². The number of rotatable bonds is 10. The maximum absolute atomic E-state index is 13.1. The standard InChI is InChI=1S/C21H21N7O6S2/c1-26-5-2-6-27(26)7-11-8-35-19-15(18(31)28(19)16(11)20(32)33)24-17(30)14(25-34-12-3-4-12)13-9-36-21(23-13)22-10-29/h2,5-6,9-10,12,15,19H,3-4,7-8H2,1H3,(H2-,22,23,24,29,30,32,33)/t15-,19-/m1/s1. The number of carbonyl (C=O) groups is 4. The Kier molecular flexibility index (Phi) is 6.49. The Balaban J connectivity index is 1.34. The van der Waals surface area contributed by atoms with Crippen LogP contribution in [0.3, 0.4) is 0 Å². The van der Waals surface area contributed by atoms with Gasteiger partial charge in [-0.05, 0) is 18.4 Å². The number of nitrogens with one attached hydrogen (secondary N) is 2. The number of carboxylic acid groups (broad SMARTS) is 1. The second-order valence-corrected chi connectivity index (χ2v) is 10.3. The fraction of sp³-hybridized carbons (Fsp3) is 0.381. The minimum absolute atomic E-state index is 0.0787. The second-order valence-electron chi connectivity index (χ2n) is 8.31. The van der Waals surface area contributed by atoms with E-state index in [9.17, 15) is 24.3 Å². The number of oxime groups is 1. The number of aliphatic carboxylic acids is 1. The SMILES string of the molecule is C[n+]1cccn1CC1=C(C(=O)[O-])N2C(=O)[C@@H](NC(=O)C(=NOC3CC3)c3csc(NC=O)n3)[C@H]2SC1. The highest BCUT2D eigenvalue weighted by molar-refractivity contribution is 8.00. The van der Waals surface area contributed by atoms with Gasteiger partial charge in [-0.1, -0.05) is 5.16 Å². The van der Waals surface area contributed by atoms with Crippen LogP contribution in [0.5, 0.6) is 0 Å². The third-order valence-electron chi connectivity index (χ3n) is 5.81. The molecule has 2 aromatic rings. The number of carboxylic acids is 1. The summed E-state index contributed by atoms with van der Waals surface area (Å²) < 4.78 is 3.61. The van der Waals surface area contributed by atoms with Crippen LogP contribution in [0.15, 0.2) is 40.3 Å². The van der Waals surface area contributed by atoms with Crippen LogP contribution in [0, 0.1) is 0 Å². The molecule has 0 bridgehead atoms. The van der Waals surface area contributed by atoms with Crippen molar-refractivity contribution in [2.75, 3.05) is 11.1 Å². The number of anilines is 1. The number of β-lactam (4-membered cyclic amide) rings is 1. The first kappa shape index (κ1) is 24.0. The van der Waals surface area contributed by atoms with E-state index >= 15 is 0 Å². The summed E-state index contributed by atoms with van der Waals surface area (Å²) in [6.07, 6.45) is 5.66. The van der Waals surface area contributed by atoms with Crippen molar-refractivity contribution >= 4 is 58.1 Å². The number of hydrogen-bond acceptors (Lipinski definition) is 10. The Morgan fingerprint density at radius 2 is 2.22 bits per heavy atom. The third-order valence-corrected chi connectivity index (χ3v) is 7.92. The number of thiazole rings is 1. The number of fused-ring (bicyclic) bond motifs is 1. The molecule has 13 nitrogen and oxygen atoms in total. The molecule has 188 valence electrons. The molecule has 5 rings (SSSR count). The average Bonchev–Trinajstić information content (AvgIpc) is 3.43. The monoisotopic (exact) mass is 531 g/mol. The van der Waals surface area contributed by atoms with Gasteiger partial charge in [-0.3, -0.25) is 19.3 Å². The van der Waals surface area contributed by atoms with Gasteiger partial charge < -0.3 is 25.4 Å². The van der Waals surface area contributed by atoms with Gasteiger partial charge in [0, 0.05) is 17.2 Å². The molecule has 2 fully saturated rings. The zero-order chi connectivity index (χ0) is 25.4. The lowest BCUT2D eigenvalue weighted by Crippen LogP contribution is -2.71. The molecule has 3 amide bonds. The Labute approximate surface area is 212 Å². The van der Waals surface area contributed by atoms with Gasteiger partial charge in [-0.2, -0.15) is 4.68 Å². The maximum Gasteiger partial charge on any atom is 0.276 e.